The monoisotopic (exact) mass is 339 g/mol. The third kappa shape index (κ3) is 3.31. The van der Waals surface area contributed by atoms with Crippen LogP contribution in [0.1, 0.15) is 29.9 Å². The highest BCUT2D eigenvalue weighted by Gasteiger charge is 2.35. The van der Waals surface area contributed by atoms with Gasteiger partial charge in [-0.05, 0) is 31.5 Å². The summed E-state index contributed by atoms with van der Waals surface area (Å²) in [4.78, 5) is 29.3. The first-order valence-corrected chi connectivity index (χ1v) is 8.67. The highest BCUT2D eigenvalue weighted by atomic mass is 16.2. The van der Waals surface area contributed by atoms with E-state index >= 15 is 0 Å². The van der Waals surface area contributed by atoms with Crippen molar-refractivity contribution in [2.75, 3.05) is 26.2 Å². The maximum atomic E-state index is 13.0. The molecule has 0 atom stereocenters. The van der Waals surface area contributed by atoms with Crippen molar-refractivity contribution in [3.05, 3.63) is 59.9 Å². The number of nitrogens with zero attached hydrogens (tertiary/aromatic N) is 3. The summed E-state index contributed by atoms with van der Waals surface area (Å²) >= 11 is 0. The van der Waals surface area contributed by atoms with E-state index in [9.17, 15) is 9.59 Å². The highest BCUT2D eigenvalue weighted by molar-refractivity contribution is 5.93. The minimum Gasteiger partial charge on any atom is -0.347 e. The predicted molar refractivity (Wildman–Crippen MR) is 97.4 cm³/mol. The molecule has 1 aromatic carbocycles. The average molecular weight is 339 g/mol. The maximum absolute atomic E-state index is 13.0. The lowest BCUT2D eigenvalue weighted by Crippen LogP contribution is -2.54. The van der Waals surface area contributed by atoms with E-state index in [0.29, 0.717) is 31.9 Å². The Bertz CT molecular complexity index is 756. The largest absolute Gasteiger partial charge is 0.347 e. The molecule has 5 heteroatoms. The van der Waals surface area contributed by atoms with Gasteiger partial charge in [0.2, 0.25) is 5.91 Å². The number of carbonyl (C=O) groups excluding carboxylic acids is 2. The minimum atomic E-state index is -0.564. The zero-order chi connectivity index (χ0) is 18.0. The first-order chi connectivity index (χ1) is 11.9. The summed E-state index contributed by atoms with van der Waals surface area (Å²) < 4.78 is 1.83. The van der Waals surface area contributed by atoms with Gasteiger partial charge in [0, 0.05) is 39.4 Å². The molecular formula is C20H25N3O2. The topological polar surface area (TPSA) is 45.6 Å². The lowest BCUT2D eigenvalue weighted by Gasteiger charge is -2.38. The molecule has 1 aliphatic rings. The van der Waals surface area contributed by atoms with Gasteiger partial charge in [-0.2, -0.15) is 0 Å². The number of piperazine rings is 1. The van der Waals surface area contributed by atoms with Crippen LogP contribution < -0.4 is 0 Å². The molecule has 0 bridgehead atoms. The molecule has 1 aliphatic heterocycles. The van der Waals surface area contributed by atoms with E-state index in [2.05, 4.69) is 0 Å². The Morgan fingerprint density at radius 3 is 2.04 bits per heavy atom. The van der Waals surface area contributed by atoms with Gasteiger partial charge in [0.15, 0.2) is 0 Å². The fraction of sp³-hybridized carbons (Fsp3) is 0.400. The number of rotatable bonds is 3. The molecule has 0 spiro atoms. The molecule has 0 aliphatic carbocycles. The fourth-order valence-electron chi connectivity index (χ4n) is 3.33. The number of hydrogen-bond acceptors (Lipinski definition) is 2. The molecule has 2 heterocycles. The van der Waals surface area contributed by atoms with Gasteiger partial charge in [-0.3, -0.25) is 9.59 Å². The summed E-state index contributed by atoms with van der Waals surface area (Å²) in [7, 11) is 1.87. The molecule has 3 rings (SSSR count). The molecule has 0 N–H and O–H groups in total. The van der Waals surface area contributed by atoms with E-state index in [1.165, 1.54) is 0 Å². The molecule has 0 saturated carbocycles. The Hall–Kier alpha value is -2.56. The normalized spacial score (nSPS) is 15.3. The molecule has 132 valence electrons. The smallest absolute Gasteiger partial charge is 0.270 e. The molecule has 1 saturated heterocycles. The Morgan fingerprint density at radius 1 is 0.880 bits per heavy atom. The van der Waals surface area contributed by atoms with Crippen LogP contribution in [0.25, 0.3) is 0 Å². The molecule has 2 aromatic rings. The highest BCUT2D eigenvalue weighted by Crippen LogP contribution is 2.26. The van der Waals surface area contributed by atoms with E-state index in [4.69, 9.17) is 0 Å². The molecule has 1 fully saturated rings. The van der Waals surface area contributed by atoms with Gasteiger partial charge in [0.1, 0.15) is 5.69 Å². The number of amides is 2. The summed E-state index contributed by atoms with van der Waals surface area (Å²) in [5.74, 6) is 0.145. The molecule has 0 radical (unpaired) electrons. The van der Waals surface area contributed by atoms with Crippen LogP contribution in [0.4, 0.5) is 0 Å². The van der Waals surface area contributed by atoms with Crippen LogP contribution >= 0.6 is 0 Å². The lowest BCUT2D eigenvalue weighted by atomic mass is 9.83. The number of aryl methyl sites for hydroxylation is 1. The van der Waals surface area contributed by atoms with Gasteiger partial charge in [-0.15, -0.1) is 0 Å². The summed E-state index contributed by atoms with van der Waals surface area (Å²) in [6.07, 6.45) is 1.87. The van der Waals surface area contributed by atoms with E-state index in [-0.39, 0.29) is 11.8 Å². The maximum Gasteiger partial charge on any atom is 0.270 e. The van der Waals surface area contributed by atoms with Crippen LogP contribution in [-0.4, -0.2) is 52.4 Å². The quantitative estimate of drug-likeness (QED) is 0.861. The van der Waals surface area contributed by atoms with Crippen molar-refractivity contribution < 1.29 is 9.59 Å². The van der Waals surface area contributed by atoms with Gasteiger partial charge < -0.3 is 14.4 Å². The summed E-state index contributed by atoms with van der Waals surface area (Å²) in [5, 5.41) is 0. The van der Waals surface area contributed by atoms with Crippen molar-refractivity contribution in [3.8, 4) is 0 Å². The summed E-state index contributed by atoms with van der Waals surface area (Å²) in [5.41, 5.74) is 1.14. The number of benzene rings is 1. The van der Waals surface area contributed by atoms with E-state index < -0.39 is 5.41 Å². The second kappa shape index (κ2) is 6.75. The van der Waals surface area contributed by atoms with Crippen molar-refractivity contribution in [2.45, 2.75) is 19.3 Å². The zero-order valence-corrected chi connectivity index (χ0v) is 15.1. The second-order valence-corrected chi connectivity index (χ2v) is 7.08. The Morgan fingerprint density at radius 2 is 1.48 bits per heavy atom. The minimum absolute atomic E-state index is 0.0296. The van der Waals surface area contributed by atoms with Gasteiger partial charge >= 0.3 is 0 Å². The summed E-state index contributed by atoms with van der Waals surface area (Å²) in [6.45, 7) is 6.22. The number of carbonyl (C=O) groups is 2. The second-order valence-electron chi connectivity index (χ2n) is 7.08. The lowest BCUT2D eigenvalue weighted by molar-refractivity contribution is -0.137. The molecule has 25 heavy (non-hydrogen) atoms. The first-order valence-electron chi connectivity index (χ1n) is 8.67. The van der Waals surface area contributed by atoms with Crippen LogP contribution in [0.5, 0.6) is 0 Å². The van der Waals surface area contributed by atoms with Crippen molar-refractivity contribution in [3.63, 3.8) is 0 Å². The molecule has 2 amide bonds. The van der Waals surface area contributed by atoms with Gasteiger partial charge in [-0.25, -0.2) is 0 Å². The van der Waals surface area contributed by atoms with Crippen molar-refractivity contribution in [1.82, 2.24) is 14.4 Å². The fourth-order valence-corrected chi connectivity index (χ4v) is 3.33. The van der Waals surface area contributed by atoms with Crippen molar-refractivity contribution >= 4 is 11.8 Å². The zero-order valence-electron chi connectivity index (χ0n) is 15.1. The van der Waals surface area contributed by atoms with Gasteiger partial charge in [-0.1, -0.05) is 30.3 Å². The van der Waals surface area contributed by atoms with Crippen LogP contribution in [-0.2, 0) is 17.3 Å². The van der Waals surface area contributed by atoms with Crippen molar-refractivity contribution in [2.24, 2.45) is 7.05 Å². The number of hydrogen-bond donors (Lipinski definition) is 0. The molecule has 0 unspecified atom stereocenters. The summed E-state index contributed by atoms with van der Waals surface area (Å²) in [6, 6.07) is 13.6. The Balaban J connectivity index is 1.65. The van der Waals surface area contributed by atoms with Gasteiger partial charge in [0.05, 0.1) is 5.41 Å². The molecule has 1 aromatic heterocycles. The van der Waals surface area contributed by atoms with Crippen molar-refractivity contribution in [1.29, 1.82) is 0 Å². The van der Waals surface area contributed by atoms with Crippen LogP contribution in [0.2, 0.25) is 0 Å². The van der Waals surface area contributed by atoms with E-state index in [1.807, 2.05) is 83.9 Å². The van der Waals surface area contributed by atoms with E-state index in [0.717, 1.165) is 5.56 Å². The average Bonchev–Trinajstić information content (AvgIpc) is 3.07. The number of aromatic nitrogens is 1. The van der Waals surface area contributed by atoms with Crippen LogP contribution in [0.15, 0.2) is 48.7 Å². The molecular weight excluding hydrogens is 314 g/mol. The predicted octanol–water partition coefficient (Wildman–Crippen LogP) is 2.29. The van der Waals surface area contributed by atoms with Crippen LogP contribution in [0.3, 0.4) is 0 Å². The molecule has 5 nitrogen and oxygen atoms in total. The Labute approximate surface area is 148 Å². The van der Waals surface area contributed by atoms with Crippen LogP contribution in [0, 0.1) is 0 Å². The standard InChI is InChI=1S/C20H25N3O2/c1-20(2,16-8-5-4-6-9-16)19(25)23-14-12-22(13-15-23)18(24)17-10-7-11-21(17)3/h4-11H,12-15H2,1-3H3. The SMILES string of the molecule is Cn1cccc1C(=O)N1CCN(C(=O)C(C)(C)c2ccccc2)CC1. The third-order valence-electron chi connectivity index (χ3n) is 5.05. The van der Waals surface area contributed by atoms with E-state index in [1.54, 1.807) is 0 Å². The Kier molecular flexibility index (Phi) is 4.66. The third-order valence-corrected chi connectivity index (χ3v) is 5.05. The van der Waals surface area contributed by atoms with Gasteiger partial charge in [0.25, 0.3) is 5.91 Å². The first kappa shape index (κ1) is 17.3.